The second-order valence-corrected chi connectivity index (χ2v) is 4.51. The third-order valence-corrected chi connectivity index (χ3v) is 3.12. The predicted octanol–water partition coefficient (Wildman–Crippen LogP) is 4.56. The Bertz CT molecular complexity index is 520. The summed E-state index contributed by atoms with van der Waals surface area (Å²) in [5, 5.41) is 0. The number of carbonyl (C=O) groups is 1. The molecule has 0 fully saturated rings. The van der Waals surface area contributed by atoms with Gasteiger partial charge in [0.25, 0.3) is 0 Å². The van der Waals surface area contributed by atoms with Crippen LogP contribution in [-0.2, 0) is 0 Å². The van der Waals surface area contributed by atoms with Gasteiger partial charge in [0.05, 0.1) is 0 Å². The number of hydrogen-bond acceptors (Lipinski definition) is 1. The van der Waals surface area contributed by atoms with E-state index in [0.29, 0.717) is 12.3 Å². The largest absolute Gasteiger partial charge is 0.294 e. The zero-order chi connectivity index (χ0) is 12.8. The van der Waals surface area contributed by atoms with Crippen molar-refractivity contribution in [3.8, 4) is 11.1 Å². The smallest absolute Gasteiger partial charge is 0.163 e. The van der Waals surface area contributed by atoms with Gasteiger partial charge in [-0.2, -0.15) is 0 Å². The summed E-state index contributed by atoms with van der Waals surface area (Å²) >= 11 is 5.64. The van der Waals surface area contributed by atoms with E-state index < -0.39 is 0 Å². The summed E-state index contributed by atoms with van der Waals surface area (Å²) < 4.78 is 0. The van der Waals surface area contributed by atoms with Crippen LogP contribution in [0.4, 0.5) is 0 Å². The lowest BCUT2D eigenvalue weighted by Gasteiger charge is -2.08. The Morgan fingerprint density at radius 2 is 1.61 bits per heavy atom. The minimum absolute atomic E-state index is 0.162. The van der Waals surface area contributed by atoms with Crippen LogP contribution in [0.1, 0.15) is 23.2 Å². The lowest BCUT2D eigenvalue weighted by atomic mass is 9.95. The first-order chi connectivity index (χ1) is 8.83. The molecule has 0 radical (unpaired) electrons. The monoisotopic (exact) mass is 258 g/mol. The second-order valence-electron chi connectivity index (χ2n) is 4.13. The first kappa shape index (κ1) is 12.8. The summed E-state index contributed by atoms with van der Waals surface area (Å²) in [5.74, 6) is 0.689. The van der Waals surface area contributed by atoms with Crippen molar-refractivity contribution in [3.63, 3.8) is 0 Å². The second kappa shape index (κ2) is 6.36. The summed E-state index contributed by atoms with van der Waals surface area (Å²) in [6.45, 7) is 0. The Morgan fingerprint density at radius 1 is 0.944 bits per heavy atom. The maximum atomic E-state index is 12.1. The number of benzene rings is 2. The Morgan fingerprint density at radius 3 is 2.33 bits per heavy atom. The highest BCUT2D eigenvalue weighted by Crippen LogP contribution is 2.24. The minimum atomic E-state index is 0.162. The molecule has 0 aliphatic rings. The highest BCUT2D eigenvalue weighted by Gasteiger charge is 2.11. The third kappa shape index (κ3) is 2.99. The van der Waals surface area contributed by atoms with Gasteiger partial charge < -0.3 is 0 Å². The highest BCUT2D eigenvalue weighted by atomic mass is 35.5. The molecule has 2 heteroatoms. The molecule has 1 nitrogen and oxygen atoms in total. The fourth-order valence-corrected chi connectivity index (χ4v) is 2.09. The van der Waals surface area contributed by atoms with Crippen LogP contribution in [0.5, 0.6) is 0 Å². The molecule has 0 spiro atoms. The third-order valence-electron chi connectivity index (χ3n) is 2.85. The molecule has 18 heavy (non-hydrogen) atoms. The molecule has 0 amide bonds. The van der Waals surface area contributed by atoms with Crippen LogP contribution in [0, 0.1) is 0 Å². The quantitative estimate of drug-likeness (QED) is 0.568. The van der Waals surface area contributed by atoms with Gasteiger partial charge in [-0.1, -0.05) is 54.6 Å². The summed E-state index contributed by atoms with van der Waals surface area (Å²) in [7, 11) is 0. The van der Waals surface area contributed by atoms with Crippen molar-refractivity contribution in [2.24, 2.45) is 0 Å². The summed E-state index contributed by atoms with van der Waals surface area (Å²) in [6.07, 6.45) is 1.23. The van der Waals surface area contributed by atoms with E-state index in [2.05, 4.69) is 0 Å². The molecule has 0 aliphatic heterocycles. The van der Waals surface area contributed by atoms with Crippen LogP contribution in [-0.4, -0.2) is 11.7 Å². The molecular formula is C16H15ClO. The lowest BCUT2D eigenvalue weighted by Crippen LogP contribution is -2.01. The van der Waals surface area contributed by atoms with Gasteiger partial charge in [0.1, 0.15) is 0 Å². The fraction of sp³-hybridized carbons (Fsp3) is 0.188. The van der Waals surface area contributed by atoms with E-state index in [-0.39, 0.29) is 5.78 Å². The Hall–Kier alpha value is -1.60. The summed E-state index contributed by atoms with van der Waals surface area (Å²) in [5.41, 5.74) is 2.86. The number of carbonyl (C=O) groups excluding carboxylic acids is 1. The molecule has 92 valence electrons. The number of alkyl halides is 1. The van der Waals surface area contributed by atoms with Crippen LogP contribution < -0.4 is 0 Å². The van der Waals surface area contributed by atoms with Crippen molar-refractivity contribution in [1.29, 1.82) is 0 Å². The van der Waals surface area contributed by atoms with Crippen LogP contribution in [0.15, 0.2) is 54.6 Å². The molecule has 0 saturated heterocycles. The fourth-order valence-electron chi connectivity index (χ4n) is 1.96. The number of ketones is 1. The average molecular weight is 259 g/mol. The zero-order valence-corrected chi connectivity index (χ0v) is 10.9. The van der Waals surface area contributed by atoms with Crippen molar-refractivity contribution in [3.05, 3.63) is 60.2 Å². The molecule has 0 atom stereocenters. The number of halogens is 1. The van der Waals surface area contributed by atoms with E-state index in [9.17, 15) is 4.79 Å². The number of Topliss-reactive ketones (excluding diaryl/α,β-unsaturated/α-hetero) is 1. The van der Waals surface area contributed by atoms with E-state index >= 15 is 0 Å². The summed E-state index contributed by atoms with van der Waals surface area (Å²) in [4.78, 5) is 12.1. The Labute approximate surface area is 112 Å². The minimum Gasteiger partial charge on any atom is -0.294 e. The van der Waals surface area contributed by atoms with Crippen molar-refractivity contribution in [2.75, 3.05) is 5.88 Å². The molecule has 2 aromatic rings. The SMILES string of the molecule is O=C(CCCCl)c1ccccc1-c1ccccc1. The van der Waals surface area contributed by atoms with Gasteiger partial charge in [0.2, 0.25) is 0 Å². The average Bonchev–Trinajstić information content (AvgIpc) is 2.45. The molecule has 0 unspecified atom stereocenters. The molecule has 0 aromatic heterocycles. The van der Waals surface area contributed by atoms with Gasteiger partial charge in [-0.15, -0.1) is 11.6 Å². The number of rotatable bonds is 5. The zero-order valence-electron chi connectivity index (χ0n) is 10.1. The van der Waals surface area contributed by atoms with Crippen LogP contribution in [0.25, 0.3) is 11.1 Å². The van der Waals surface area contributed by atoms with Gasteiger partial charge in [-0.3, -0.25) is 4.79 Å². The van der Waals surface area contributed by atoms with Crippen molar-refractivity contribution in [2.45, 2.75) is 12.8 Å². The summed E-state index contributed by atoms with van der Waals surface area (Å²) in [6, 6.07) is 17.7. The van der Waals surface area contributed by atoms with E-state index in [1.165, 1.54) is 0 Å². The van der Waals surface area contributed by atoms with Crippen molar-refractivity contribution in [1.82, 2.24) is 0 Å². The Kier molecular flexibility index (Phi) is 4.54. The van der Waals surface area contributed by atoms with Gasteiger partial charge >= 0.3 is 0 Å². The van der Waals surface area contributed by atoms with E-state index in [1.54, 1.807) is 0 Å². The van der Waals surface area contributed by atoms with Crippen molar-refractivity contribution < 1.29 is 4.79 Å². The van der Waals surface area contributed by atoms with Crippen LogP contribution >= 0.6 is 11.6 Å². The maximum absolute atomic E-state index is 12.1. The van der Waals surface area contributed by atoms with Gasteiger partial charge in [-0.25, -0.2) is 0 Å². The van der Waals surface area contributed by atoms with E-state index in [1.807, 2.05) is 54.6 Å². The molecule has 2 rings (SSSR count). The molecule has 2 aromatic carbocycles. The molecular weight excluding hydrogens is 244 g/mol. The van der Waals surface area contributed by atoms with Gasteiger partial charge in [0.15, 0.2) is 5.78 Å². The number of hydrogen-bond donors (Lipinski definition) is 0. The lowest BCUT2D eigenvalue weighted by molar-refractivity contribution is 0.0982. The van der Waals surface area contributed by atoms with E-state index in [4.69, 9.17) is 11.6 Å². The molecule has 0 saturated carbocycles. The van der Waals surface area contributed by atoms with Crippen LogP contribution in [0.3, 0.4) is 0 Å². The van der Waals surface area contributed by atoms with E-state index in [0.717, 1.165) is 23.1 Å². The van der Waals surface area contributed by atoms with Crippen molar-refractivity contribution >= 4 is 17.4 Å². The molecule has 0 N–H and O–H groups in total. The van der Waals surface area contributed by atoms with Gasteiger partial charge in [-0.05, 0) is 17.5 Å². The standard InChI is InChI=1S/C16H15ClO/c17-12-6-11-16(18)15-10-5-4-9-14(15)13-7-2-1-3-8-13/h1-5,7-10H,6,11-12H2. The normalized spacial score (nSPS) is 10.3. The highest BCUT2D eigenvalue weighted by molar-refractivity contribution is 6.18. The van der Waals surface area contributed by atoms with Gasteiger partial charge in [0, 0.05) is 17.9 Å². The molecule has 0 bridgehead atoms. The first-order valence-corrected chi connectivity index (χ1v) is 6.60. The maximum Gasteiger partial charge on any atom is 0.163 e. The topological polar surface area (TPSA) is 17.1 Å². The Balaban J connectivity index is 2.34. The van der Waals surface area contributed by atoms with Crippen LogP contribution in [0.2, 0.25) is 0 Å². The first-order valence-electron chi connectivity index (χ1n) is 6.06. The molecule has 0 heterocycles. The molecule has 0 aliphatic carbocycles. The predicted molar refractivity (Wildman–Crippen MR) is 76.2 cm³/mol.